The second-order valence-electron chi connectivity index (χ2n) is 9.87. The number of halogens is 1. The van der Waals surface area contributed by atoms with Crippen LogP contribution >= 0.6 is 11.6 Å². The molecule has 1 aliphatic carbocycles. The molecule has 0 radical (unpaired) electrons. The van der Waals surface area contributed by atoms with Crippen molar-refractivity contribution in [1.82, 2.24) is 0 Å². The number of hydrogen-bond acceptors (Lipinski definition) is 9. The quantitative estimate of drug-likeness (QED) is 0.106. The van der Waals surface area contributed by atoms with E-state index in [1.807, 2.05) is 0 Å². The fourth-order valence-electron chi connectivity index (χ4n) is 5.92. The van der Waals surface area contributed by atoms with Gasteiger partial charge in [0, 0.05) is 53.5 Å². The van der Waals surface area contributed by atoms with Crippen LogP contribution in [0.2, 0.25) is 5.02 Å². The maximum absolute atomic E-state index is 13.9. The third-order valence-corrected chi connectivity index (χ3v) is 7.96. The van der Waals surface area contributed by atoms with Crippen molar-refractivity contribution in [2.45, 2.75) is 24.9 Å². The molecular formula is C30H23ClN2O9. The molecule has 3 aromatic carbocycles. The predicted molar refractivity (Wildman–Crippen MR) is 149 cm³/mol. The summed E-state index contributed by atoms with van der Waals surface area (Å²) in [6.07, 6.45) is 1.43. The van der Waals surface area contributed by atoms with Crippen LogP contribution in [0.5, 0.6) is 5.75 Å². The van der Waals surface area contributed by atoms with Gasteiger partial charge in [-0.3, -0.25) is 29.8 Å². The summed E-state index contributed by atoms with van der Waals surface area (Å²) in [5.74, 6) is -5.26. The Morgan fingerprint density at radius 1 is 0.952 bits per heavy atom. The van der Waals surface area contributed by atoms with Crippen LogP contribution in [0.25, 0.3) is 0 Å². The number of fused-ring (bicyclic) bond motifs is 3. The number of benzene rings is 3. The SMILES string of the molecule is CCOC(=O)C(=O)[C@@H]1[C@@H]2c3cccc(Cl)c3O[C@H](c3ccc([N+](=O)[O-])cc3)[C@H]2C=C(C=O)[C@H]1c1ccc([N+](=O)[O-])cc1. The number of nitro benzene ring substituents is 2. The summed E-state index contributed by atoms with van der Waals surface area (Å²) >= 11 is 6.56. The zero-order chi connectivity index (χ0) is 30.1. The summed E-state index contributed by atoms with van der Waals surface area (Å²) in [5, 5.41) is 22.8. The number of ketones is 1. The monoisotopic (exact) mass is 590 g/mol. The first kappa shape index (κ1) is 28.6. The smallest absolute Gasteiger partial charge is 0.374 e. The average Bonchev–Trinajstić information content (AvgIpc) is 2.99. The van der Waals surface area contributed by atoms with Crippen LogP contribution in [-0.2, 0) is 19.1 Å². The van der Waals surface area contributed by atoms with Crippen molar-refractivity contribution in [1.29, 1.82) is 0 Å². The lowest BCUT2D eigenvalue weighted by Gasteiger charge is -2.47. The van der Waals surface area contributed by atoms with Crippen molar-refractivity contribution >= 4 is 41.0 Å². The molecule has 42 heavy (non-hydrogen) atoms. The number of hydrogen-bond donors (Lipinski definition) is 0. The van der Waals surface area contributed by atoms with Gasteiger partial charge in [0.15, 0.2) is 0 Å². The molecular weight excluding hydrogens is 568 g/mol. The second-order valence-corrected chi connectivity index (χ2v) is 10.3. The third kappa shape index (κ3) is 5.03. The third-order valence-electron chi connectivity index (χ3n) is 7.67. The number of rotatable bonds is 8. The van der Waals surface area contributed by atoms with E-state index in [-0.39, 0.29) is 34.3 Å². The van der Waals surface area contributed by atoms with Gasteiger partial charge >= 0.3 is 5.97 Å². The van der Waals surface area contributed by atoms with Crippen molar-refractivity contribution in [3.05, 3.63) is 120 Å². The molecule has 5 rings (SSSR count). The number of esters is 1. The molecule has 0 fully saturated rings. The van der Waals surface area contributed by atoms with Gasteiger partial charge in [-0.25, -0.2) is 4.79 Å². The Labute approximate surface area is 244 Å². The Morgan fingerprint density at radius 2 is 1.55 bits per heavy atom. The first-order valence-corrected chi connectivity index (χ1v) is 13.4. The summed E-state index contributed by atoms with van der Waals surface area (Å²) in [4.78, 5) is 60.9. The molecule has 2 aliphatic rings. The number of carbonyl (C=O) groups excluding carboxylic acids is 3. The van der Waals surface area contributed by atoms with Crippen LogP contribution in [0.1, 0.15) is 41.6 Å². The topological polar surface area (TPSA) is 156 Å². The maximum atomic E-state index is 13.9. The summed E-state index contributed by atoms with van der Waals surface area (Å²) in [6, 6.07) is 16.2. The van der Waals surface area contributed by atoms with E-state index in [9.17, 15) is 34.6 Å². The van der Waals surface area contributed by atoms with E-state index in [0.29, 0.717) is 23.0 Å². The van der Waals surface area contributed by atoms with E-state index < -0.39 is 51.4 Å². The molecule has 12 heteroatoms. The first-order chi connectivity index (χ1) is 20.2. The Balaban J connectivity index is 1.75. The molecule has 0 aromatic heterocycles. The van der Waals surface area contributed by atoms with Crippen molar-refractivity contribution in [3.63, 3.8) is 0 Å². The van der Waals surface area contributed by atoms with E-state index in [1.165, 1.54) is 48.5 Å². The Morgan fingerprint density at radius 3 is 2.10 bits per heavy atom. The van der Waals surface area contributed by atoms with Crippen molar-refractivity contribution in [2.75, 3.05) is 6.61 Å². The van der Waals surface area contributed by atoms with Gasteiger partial charge in [-0.2, -0.15) is 0 Å². The number of non-ortho nitro benzene ring substituents is 2. The molecule has 214 valence electrons. The zero-order valence-corrected chi connectivity index (χ0v) is 22.8. The number of nitrogens with zero attached hydrogens (tertiary/aromatic N) is 2. The van der Waals surface area contributed by atoms with E-state index in [4.69, 9.17) is 21.1 Å². The summed E-state index contributed by atoms with van der Waals surface area (Å²) in [7, 11) is 0. The Hall–Kier alpha value is -4.90. The summed E-state index contributed by atoms with van der Waals surface area (Å²) in [5.41, 5.74) is 1.33. The summed E-state index contributed by atoms with van der Waals surface area (Å²) < 4.78 is 11.5. The molecule has 0 saturated heterocycles. The number of carbonyl (C=O) groups is 3. The minimum atomic E-state index is -1.18. The second kappa shape index (κ2) is 11.5. The van der Waals surface area contributed by atoms with Gasteiger partial charge in [0.05, 0.1) is 21.5 Å². The van der Waals surface area contributed by atoms with Crippen LogP contribution in [0.15, 0.2) is 78.4 Å². The fraction of sp³-hybridized carbons (Fsp3) is 0.233. The fourth-order valence-corrected chi connectivity index (χ4v) is 6.15. The van der Waals surface area contributed by atoms with Gasteiger partial charge in [-0.05, 0) is 41.8 Å². The van der Waals surface area contributed by atoms with Crippen LogP contribution in [0.3, 0.4) is 0 Å². The van der Waals surface area contributed by atoms with Crippen molar-refractivity contribution < 1.29 is 33.7 Å². The molecule has 0 amide bonds. The van der Waals surface area contributed by atoms with Crippen LogP contribution < -0.4 is 4.74 Å². The van der Waals surface area contributed by atoms with E-state index >= 15 is 0 Å². The van der Waals surface area contributed by atoms with Crippen molar-refractivity contribution in [2.24, 2.45) is 11.8 Å². The van der Waals surface area contributed by atoms with Crippen LogP contribution in [-0.4, -0.2) is 34.5 Å². The van der Waals surface area contributed by atoms with Crippen LogP contribution in [0, 0.1) is 32.1 Å². The number of ether oxygens (including phenoxy) is 2. The maximum Gasteiger partial charge on any atom is 0.374 e. The number of allylic oxidation sites excluding steroid dienone is 1. The molecule has 0 bridgehead atoms. The van der Waals surface area contributed by atoms with Crippen molar-refractivity contribution in [3.8, 4) is 5.75 Å². The highest BCUT2D eigenvalue weighted by molar-refractivity contribution is 6.35. The van der Waals surface area contributed by atoms with Gasteiger partial charge in [0.25, 0.3) is 11.4 Å². The van der Waals surface area contributed by atoms with Gasteiger partial charge in [-0.15, -0.1) is 0 Å². The van der Waals surface area contributed by atoms with Gasteiger partial charge in [-0.1, -0.05) is 41.9 Å². The lowest BCUT2D eigenvalue weighted by Crippen LogP contribution is -2.44. The highest BCUT2D eigenvalue weighted by Crippen LogP contribution is 2.58. The largest absolute Gasteiger partial charge is 0.483 e. The average molecular weight is 591 g/mol. The highest BCUT2D eigenvalue weighted by atomic mass is 35.5. The minimum absolute atomic E-state index is 0.0547. The Kier molecular flexibility index (Phi) is 7.86. The number of para-hydroxylation sites is 1. The lowest BCUT2D eigenvalue weighted by atomic mass is 9.59. The first-order valence-electron chi connectivity index (χ1n) is 13.0. The highest BCUT2D eigenvalue weighted by Gasteiger charge is 2.53. The molecule has 0 saturated carbocycles. The Bertz CT molecular complexity index is 1620. The normalized spacial score (nSPS) is 22.4. The standard InChI is InChI=1S/C30H23ClN2O9/c1-2-41-30(36)27(35)26-24(16-6-10-19(11-7-16)32(37)38)18(15-34)14-22-25(26)21-4-3-5-23(31)29(21)42-28(22)17-8-12-20(13-9-17)33(39)40/h3-15,22,24-26,28H,2H2,1H3/t22-,24+,25+,26-,28+/m0/s1. The number of Topliss-reactive ketones (excluding diaryl/α,β-unsaturated/α-hetero) is 1. The van der Waals surface area contributed by atoms with Gasteiger partial charge in [0.1, 0.15) is 18.1 Å². The molecule has 3 aromatic rings. The van der Waals surface area contributed by atoms with E-state index in [1.54, 1.807) is 31.2 Å². The molecule has 11 nitrogen and oxygen atoms in total. The molecule has 0 spiro atoms. The van der Waals surface area contributed by atoms with E-state index in [0.717, 1.165) is 0 Å². The zero-order valence-electron chi connectivity index (χ0n) is 22.0. The molecule has 1 heterocycles. The predicted octanol–water partition coefficient (Wildman–Crippen LogP) is 5.66. The molecule has 1 aliphatic heterocycles. The molecule has 5 atom stereocenters. The summed E-state index contributed by atoms with van der Waals surface area (Å²) in [6.45, 7) is 1.51. The number of aldehydes is 1. The van der Waals surface area contributed by atoms with Crippen LogP contribution in [0.4, 0.5) is 11.4 Å². The van der Waals surface area contributed by atoms with Gasteiger partial charge < -0.3 is 9.47 Å². The van der Waals surface area contributed by atoms with Gasteiger partial charge in [0.2, 0.25) is 5.78 Å². The van der Waals surface area contributed by atoms with E-state index in [2.05, 4.69) is 0 Å². The molecule has 0 N–H and O–H groups in total. The minimum Gasteiger partial charge on any atom is -0.483 e. The molecule has 0 unspecified atom stereocenters. The number of nitro groups is 2. The lowest BCUT2D eigenvalue weighted by molar-refractivity contribution is -0.385.